The minimum Gasteiger partial charge on any atom is -0.492 e. The van der Waals surface area contributed by atoms with Gasteiger partial charge in [-0.25, -0.2) is 13.4 Å². The summed E-state index contributed by atoms with van der Waals surface area (Å²) in [6.45, 7) is 2.81. The minimum absolute atomic E-state index is 0.0200. The first-order valence-corrected chi connectivity index (χ1v) is 14.2. The molecule has 0 aliphatic heterocycles. The predicted octanol–water partition coefficient (Wildman–Crippen LogP) is 5.62. The van der Waals surface area contributed by atoms with Crippen molar-refractivity contribution >= 4 is 42.4 Å². The van der Waals surface area contributed by atoms with Gasteiger partial charge in [0, 0.05) is 6.42 Å². The molecule has 1 heterocycles. The Labute approximate surface area is 210 Å². The normalized spacial score (nSPS) is 11.5. The quantitative estimate of drug-likeness (QED) is 0.263. The maximum absolute atomic E-state index is 13.3. The van der Waals surface area contributed by atoms with E-state index in [9.17, 15) is 13.2 Å². The molecule has 0 N–H and O–H groups in total. The zero-order valence-corrected chi connectivity index (χ0v) is 21.2. The van der Waals surface area contributed by atoms with E-state index in [1.165, 1.54) is 11.3 Å². The lowest BCUT2D eigenvalue weighted by molar-refractivity contribution is -0.118. The number of hydrogen-bond acceptors (Lipinski definition) is 6. The third-order valence-corrected chi connectivity index (χ3v) is 8.19. The van der Waals surface area contributed by atoms with Gasteiger partial charge in [0.25, 0.3) is 0 Å². The fourth-order valence-electron chi connectivity index (χ4n) is 3.81. The Morgan fingerprint density at radius 2 is 1.63 bits per heavy atom. The number of thiazole rings is 1. The number of nitrogens with zero attached hydrogens (tertiary/aromatic N) is 2. The summed E-state index contributed by atoms with van der Waals surface area (Å²) in [4.78, 5) is 19.7. The van der Waals surface area contributed by atoms with Crippen LogP contribution < -0.4 is 9.64 Å². The molecule has 0 spiro atoms. The molecule has 3 aromatic carbocycles. The molecular weight excluding hydrogens is 480 g/mol. The summed E-state index contributed by atoms with van der Waals surface area (Å²) in [7, 11) is -3.31. The van der Waals surface area contributed by atoms with E-state index in [-0.39, 0.29) is 30.3 Å². The van der Waals surface area contributed by atoms with Crippen molar-refractivity contribution in [3.63, 3.8) is 0 Å². The van der Waals surface area contributed by atoms with Crippen LogP contribution >= 0.6 is 11.3 Å². The van der Waals surface area contributed by atoms with E-state index in [1.807, 2.05) is 73.7 Å². The first-order chi connectivity index (χ1) is 16.9. The molecule has 4 aromatic rings. The number of amides is 1. The molecule has 0 fully saturated rings. The Morgan fingerprint density at radius 3 is 2.31 bits per heavy atom. The number of ether oxygens (including phenoxy) is 1. The standard InChI is InChI=1S/C27H28N2O4S2/c1-2-33-23-15-9-16-24-26(23)28-27(34-24)29(19-21-11-5-3-6-12-21)25(30)17-10-18-35(31,32)20-22-13-7-4-8-14-22/h3-9,11-16H,2,10,17-20H2,1H3. The van der Waals surface area contributed by atoms with Crippen LogP contribution in [0, 0.1) is 0 Å². The maximum Gasteiger partial charge on any atom is 0.229 e. The SMILES string of the molecule is CCOc1cccc2sc(N(Cc3ccccc3)C(=O)CCCS(=O)(=O)Cc3ccccc3)nc12. The summed E-state index contributed by atoms with van der Waals surface area (Å²) in [6.07, 6.45) is 0.378. The van der Waals surface area contributed by atoms with E-state index in [2.05, 4.69) is 0 Å². The highest BCUT2D eigenvalue weighted by Crippen LogP contribution is 2.35. The molecule has 0 radical (unpaired) electrons. The van der Waals surface area contributed by atoms with Gasteiger partial charge >= 0.3 is 0 Å². The minimum atomic E-state index is -3.31. The molecule has 0 aliphatic carbocycles. The lowest BCUT2D eigenvalue weighted by atomic mass is 10.2. The summed E-state index contributed by atoms with van der Waals surface area (Å²) < 4.78 is 31.8. The summed E-state index contributed by atoms with van der Waals surface area (Å²) in [6, 6.07) is 24.6. The zero-order valence-electron chi connectivity index (χ0n) is 19.6. The van der Waals surface area contributed by atoms with Crippen LogP contribution in [-0.4, -0.2) is 31.7 Å². The Bertz CT molecular complexity index is 1370. The van der Waals surface area contributed by atoms with Crippen LogP contribution in [0.1, 0.15) is 30.9 Å². The van der Waals surface area contributed by atoms with Gasteiger partial charge in [0.1, 0.15) is 11.3 Å². The van der Waals surface area contributed by atoms with Gasteiger partial charge in [-0.1, -0.05) is 78.1 Å². The van der Waals surface area contributed by atoms with Crippen molar-refractivity contribution in [2.75, 3.05) is 17.3 Å². The van der Waals surface area contributed by atoms with E-state index >= 15 is 0 Å². The van der Waals surface area contributed by atoms with Crippen molar-refractivity contribution in [3.8, 4) is 5.75 Å². The van der Waals surface area contributed by atoms with Crippen molar-refractivity contribution in [2.24, 2.45) is 0 Å². The second-order valence-electron chi connectivity index (χ2n) is 8.18. The summed E-state index contributed by atoms with van der Waals surface area (Å²) >= 11 is 1.43. The topological polar surface area (TPSA) is 76.6 Å². The molecule has 1 aromatic heterocycles. The smallest absolute Gasteiger partial charge is 0.229 e. The highest BCUT2D eigenvalue weighted by atomic mass is 32.2. The first-order valence-electron chi connectivity index (χ1n) is 11.6. The first kappa shape index (κ1) is 24.9. The fourth-order valence-corrected chi connectivity index (χ4v) is 6.23. The second kappa shape index (κ2) is 11.5. The molecule has 0 saturated carbocycles. The summed E-state index contributed by atoms with van der Waals surface area (Å²) in [5, 5.41) is 0.577. The number of para-hydroxylation sites is 1. The fraction of sp³-hybridized carbons (Fsp3) is 0.259. The van der Waals surface area contributed by atoms with Crippen LogP contribution in [0.3, 0.4) is 0 Å². The van der Waals surface area contributed by atoms with E-state index in [0.29, 0.717) is 24.0 Å². The molecule has 0 saturated heterocycles. The lowest BCUT2D eigenvalue weighted by Gasteiger charge is -2.20. The molecule has 0 bridgehead atoms. The highest BCUT2D eigenvalue weighted by Gasteiger charge is 2.22. The molecule has 1 amide bonds. The zero-order chi connectivity index (χ0) is 24.7. The molecule has 0 atom stereocenters. The third-order valence-electron chi connectivity index (χ3n) is 5.46. The Balaban J connectivity index is 1.51. The van der Waals surface area contributed by atoms with Crippen molar-refractivity contribution < 1.29 is 17.9 Å². The van der Waals surface area contributed by atoms with Crippen molar-refractivity contribution in [1.82, 2.24) is 4.98 Å². The molecule has 182 valence electrons. The van der Waals surface area contributed by atoms with Crippen LogP contribution in [0.4, 0.5) is 5.13 Å². The van der Waals surface area contributed by atoms with Gasteiger partial charge < -0.3 is 4.74 Å². The summed E-state index contributed by atoms with van der Waals surface area (Å²) in [5.41, 5.74) is 2.46. The maximum atomic E-state index is 13.3. The number of fused-ring (bicyclic) bond motifs is 1. The van der Waals surface area contributed by atoms with Crippen LogP contribution in [0.15, 0.2) is 78.9 Å². The second-order valence-corrected chi connectivity index (χ2v) is 11.4. The molecule has 8 heteroatoms. The number of carbonyl (C=O) groups is 1. The molecule has 35 heavy (non-hydrogen) atoms. The van der Waals surface area contributed by atoms with Crippen LogP contribution in [-0.2, 0) is 26.9 Å². The predicted molar refractivity (Wildman–Crippen MR) is 142 cm³/mol. The van der Waals surface area contributed by atoms with Gasteiger partial charge in [0.15, 0.2) is 15.0 Å². The highest BCUT2D eigenvalue weighted by molar-refractivity contribution is 7.90. The van der Waals surface area contributed by atoms with E-state index in [1.54, 1.807) is 17.0 Å². The van der Waals surface area contributed by atoms with E-state index in [4.69, 9.17) is 9.72 Å². The number of aromatic nitrogens is 1. The number of anilines is 1. The number of sulfone groups is 1. The molecule has 4 rings (SSSR count). The van der Waals surface area contributed by atoms with Crippen LogP contribution in [0.5, 0.6) is 5.75 Å². The average molecular weight is 509 g/mol. The van der Waals surface area contributed by atoms with Gasteiger partial charge in [0.2, 0.25) is 5.91 Å². The van der Waals surface area contributed by atoms with Crippen molar-refractivity contribution in [2.45, 2.75) is 32.1 Å². The number of carbonyl (C=O) groups excluding carboxylic acids is 1. The van der Waals surface area contributed by atoms with E-state index < -0.39 is 9.84 Å². The van der Waals surface area contributed by atoms with Crippen molar-refractivity contribution in [1.29, 1.82) is 0 Å². The Morgan fingerprint density at radius 1 is 0.943 bits per heavy atom. The van der Waals surface area contributed by atoms with Gasteiger partial charge in [-0.05, 0) is 36.6 Å². The number of hydrogen-bond donors (Lipinski definition) is 0. The molecule has 0 aliphatic rings. The number of rotatable bonds is 11. The average Bonchev–Trinajstić information content (AvgIpc) is 3.28. The Hall–Kier alpha value is -3.23. The largest absolute Gasteiger partial charge is 0.492 e. The molecular formula is C27H28N2O4S2. The summed E-state index contributed by atoms with van der Waals surface area (Å²) in [5.74, 6) is 0.474. The van der Waals surface area contributed by atoms with Crippen LogP contribution in [0.25, 0.3) is 10.2 Å². The lowest BCUT2D eigenvalue weighted by Crippen LogP contribution is -2.30. The van der Waals surface area contributed by atoms with Gasteiger partial charge in [-0.2, -0.15) is 0 Å². The van der Waals surface area contributed by atoms with Gasteiger partial charge in [-0.15, -0.1) is 0 Å². The van der Waals surface area contributed by atoms with Gasteiger partial charge in [-0.3, -0.25) is 9.69 Å². The Kier molecular flexibility index (Phi) is 8.15. The molecule has 6 nitrogen and oxygen atoms in total. The third kappa shape index (κ3) is 6.68. The van der Waals surface area contributed by atoms with Crippen molar-refractivity contribution in [3.05, 3.63) is 90.0 Å². The van der Waals surface area contributed by atoms with Crippen LogP contribution in [0.2, 0.25) is 0 Å². The molecule has 0 unspecified atom stereocenters. The monoisotopic (exact) mass is 508 g/mol. The van der Waals surface area contributed by atoms with Gasteiger partial charge in [0.05, 0.1) is 29.4 Å². The van der Waals surface area contributed by atoms with E-state index in [0.717, 1.165) is 21.3 Å². The number of benzene rings is 3.